The Labute approximate surface area is 125 Å². The van der Waals surface area contributed by atoms with Gasteiger partial charge in [0.1, 0.15) is 0 Å². The number of carbonyl (C=O) groups excluding carboxylic acids is 1. The molecular formula is C15H22ClNO3. The molecule has 0 bridgehead atoms. The summed E-state index contributed by atoms with van der Waals surface area (Å²) in [4.78, 5) is 13.7. The summed E-state index contributed by atoms with van der Waals surface area (Å²) in [6, 6.07) is 5.66. The molecule has 112 valence electrons. The fourth-order valence-electron chi connectivity index (χ4n) is 1.98. The number of methoxy groups -OCH3 is 2. The number of carbonyl (C=O) groups is 1. The van der Waals surface area contributed by atoms with Crippen molar-refractivity contribution in [2.24, 2.45) is 0 Å². The fraction of sp³-hybridized carbons (Fsp3) is 0.533. The highest BCUT2D eigenvalue weighted by atomic mass is 35.5. The van der Waals surface area contributed by atoms with E-state index in [-0.39, 0.29) is 5.91 Å². The highest BCUT2D eigenvalue weighted by Crippen LogP contribution is 2.31. The van der Waals surface area contributed by atoms with Crippen molar-refractivity contribution in [3.8, 4) is 11.5 Å². The van der Waals surface area contributed by atoms with Crippen molar-refractivity contribution >= 4 is 17.5 Å². The molecule has 0 aromatic heterocycles. The lowest BCUT2D eigenvalue weighted by atomic mass is 10.1. The lowest BCUT2D eigenvalue weighted by Gasteiger charge is -2.20. The van der Waals surface area contributed by atoms with Crippen LogP contribution in [-0.4, -0.2) is 38.0 Å². The van der Waals surface area contributed by atoms with E-state index in [1.807, 2.05) is 18.2 Å². The molecule has 0 radical (unpaired) electrons. The Morgan fingerprint density at radius 1 is 1.25 bits per heavy atom. The minimum atomic E-state index is 0.111. The van der Waals surface area contributed by atoms with E-state index in [1.54, 1.807) is 26.2 Å². The average Bonchev–Trinajstić information content (AvgIpc) is 2.46. The Morgan fingerprint density at radius 2 is 2.00 bits per heavy atom. The molecule has 0 aliphatic carbocycles. The number of nitrogens with zero attached hydrogens (tertiary/aromatic N) is 1. The van der Waals surface area contributed by atoms with E-state index >= 15 is 0 Å². The van der Waals surface area contributed by atoms with Crippen LogP contribution in [0.25, 0.3) is 0 Å². The first-order valence-corrected chi connectivity index (χ1v) is 7.17. The third-order valence-electron chi connectivity index (χ3n) is 3.09. The first kappa shape index (κ1) is 16.6. The predicted molar refractivity (Wildman–Crippen MR) is 80.6 cm³/mol. The summed E-state index contributed by atoms with van der Waals surface area (Å²) in [5.74, 6) is 2.06. The molecule has 0 saturated carbocycles. The van der Waals surface area contributed by atoms with Gasteiger partial charge in [0, 0.05) is 31.5 Å². The van der Waals surface area contributed by atoms with Gasteiger partial charge in [0.25, 0.3) is 0 Å². The fourth-order valence-corrected chi connectivity index (χ4v) is 2.17. The maximum Gasteiger partial charge on any atom is 0.222 e. The van der Waals surface area contributed by atoms with Crippen LogP contribution in [-0.2, 0) is 11.3 Å². The van der Waals surface area contributed by atoms with Gasteiger partial charge in [-0.3, -0.25) is 4.79 Å². The minimum Gasteiger partial charge on any atom is -0.493 e. The molecular weight excluding hydrogens is 278 g/mol. The second-order valence-electron chi connectivity index (χ2n) is 4.55. The van der Waals surface area contributed by atoms with Gasteiger partial charge in [-0.1, -0.05) is 12.1 Å². The van der Waals surface area contributed by atoms with Crippen LogP contribution in [0.15, 0.2) is 18.2 Å². The summed E-state index contributed by atoms with van der Waals surface area (Å²) in [6.45, 7) is 0.500. The number of alkyl halides is 1. The van der Waals surface area contributed by atoms with E-state index in [4.69, 9.17) is 21.1 Å². The van der Waals surface area contributed by atoms with Crippen LogP contribution in [0.5, 0.6) is 11.5 Å². The van der Waals surface area contributed by atoms with Gasteiger partial charge in [-0.25, -0.2) is 0 Å². The summed E-state index contributed by atoms with van der Waals surface area (Å²) in [5, 5.41) is 0. The van der Waals surface area contributed by atoms with E-state index in [2.05, 4.69) is 0 Å². The molecule has 1 amide bonds. The van der Waals surface area contributed by atoms with Crippen LogP contribution in [0, 0.1) is 0 Å². The van der Waals surface area contributed by atoms with Gasteiger partial charge in [0.2, 0.25) is 5.91 Å². The zero-order valence-electron chi connectivity index (χ0n) is 12.3. The molecule has 0 fully saturated rings. The number of hydrogen-bond acceptors (Lipinski definition) is 3. The van der Waals surface area contributed by atoms with Crippen molar-refractivity contribution in [3.63, 3.8) is 0 Å². The number of hydrogen-bond donors (Lipinski definition) is 0. The SMILES string of the molecule is COc1cccc(CN(C)C(=O)CCCCCl)c1OC. The number of ether oxygens (including phenoxy) is 2. The molecule has 0 aliphatic heterocycles. The number of benzene rings is 1. The summed E-state index contributed by atoms with van der Waals surface area (Å²) in [7, 11) is 4.99. The number of amides is 1. The highest BCUT2D eigenvalue weighted by molar-refractivity contribution is 6.17. The van der Waals surface area contributed by atoms with Crippen LogP contribution in [0.3, 0.4) is 0 Å². The first-order valence-electron chi connectivity index (χ1n) is 6.63. The number of halogens is 1. The molecule has 0 saturated heterocycles. The third-order valence-corrected chi connectivity index (χ3v) is 3.36. The monoisotopic (exact) mass is 299 g/mol. The Kier molecular flexibility index (Phi) is 7.23. The molecule has 0 heterocycles. The predicted octanol–water partition coefficient (Wildman–Crippen LogP) is 3.07. The largest absolute Gasteiger partial charge is 0.493 e. The smallest absolute Gasteiger partial charge is 0.222 e. The van der Waals surface area contributed by atoms with Crippen molar-refractivity contribution < 1.29 is 14.3 Å². The van der Waals surface area contributed by atoms with Crippen LogP contribution >= 0.6 is 11.6 Å². The van der Waals surface area contributed by atoms with E-state index in [0.29, 0.717) is 30.3 Å². The molecule has 1 aromatic rings. The van der Waals surface area contributed by atoms with Crippen molar-refractivity contribution in [3.05, 3.63) is 23.8 Å². The van der Waals surface area contributed by atoms with Crippen molar-refractivity contribution in [1.29, 1.82) is 0 Å². The van der Waals surface area contributed by atoms with Gasteiger partial charge in [0.15, 0.2) is 11.5 Å². The zero-order chi connectivity index (χ0) is 15.0. The molecule has 0 atom stereocenters. The first-order chi connectivity index (χ1) is 9.63. The van der Waals surface area contributed by atoms with Crippen molar-refractivity contribution in [1.82, 2.24) is 4.90 Å². The van der Waals surface area contributed by atoms with E-state index in [9.17, 15) is 4.79 Å². The molecule has 5 heteroatoms. The third kappa shape index (κ3) is 4.60. The van der Waals surface area contributed by atoms with Crippen LogP contribution < -0.4 is 9.47 Å². The van der Waals surface area contributed by atoms with Gasteiger partial charge in [-0.05, 0) is 18.9 Å². The van der Waals surface area contributed by atoms with Crippen molar-refractivity contribution in [2.75, 3.05) is 27.1 Å². The lowest BCUT2D eigenvalue weighted by Crippen LogP contribution is -2.26. The minimum absolute atomic E-state index is 0.111. The molecule has 0 aliphatic rings. The van der Waals surface area contributed by atoms with Crippen molar-refractivity contribution in [2.45, 2.75) is 25.8 Å². The standard InChI is InChI=1S/C15H22ClNO3/c1-17(14(18)9-4-5-10-16)11-12-7-6-8-13(19-2)15(12)20-3/h6-8H,4-5,9-11H2,1-3H3. The summed E-state index contributed by atoms with van der Waals surface area (Å²) in [5.41, 5.74) is 0.931. The summed E-state index contributed by atoms with van der Waals surface area (Å²) >= 11 is 5.61. The Morgan fingerprint density at radius 3 is 2.60 bits per heavy atom. The van der Waals surface area contributed by atoms with E-state index in [1.165, 1.54) is 0 Å². The molecule has 20 heavy (non-hydrogen) atoms. The maximum absolute atomic E-state index is 12.0. The van der Waals surface area contributed by atoms with Crippen LogP contribution in [0.4, 0.5) is 0 Å². The summed E-state index contributed by atoms with van der Waals surface area (Å²) < 4.78 is 10.6. The number of para-hydroxylation sites is 1. The Balaban J connectivity index is 2.70. The quantitative estimate of drug-likeness (QED) is 0.547. The topological polar surface area (TPSA) is 38.8 Å². The number of unbranched alkanes of at least 4 members (excludes halogenated alkanes) is 1. The van der Waals surface area contributed by atoms with Gasteiger partial charge in [-0.2, -0.15) is 0 Å². The highest BCUT2D eigenvalue weighted by Gasteiger charge is 2.14. The molecule has 0 spiro atoms. The maximum atomic E-state index is 12.0. The van der Waals surface area contributed by atoms with Gasteiger partial charge >= 0.3 is 0 Å². The van der Waals surface area contributed by atoms with Crippen LogP contribution in [0.1, 0.15) is 24.8 Å². The second-order valence-corrected chi connectivity index (χ2v) is 4.93. The summed E-state index contributed by atoms with van der Waals surface area (Å²) in [6.07, 6.45) is 2.21. The molecule has 1 rings (SSSR count). The zero-order valence-corrected chi connectivity index (χ0v) is 13.1. The molecule has 0 N–H and O–H groups in total. The van der Waals surface area contributed by atoms with Gasteiger partial charge in [0.05, 0.1) is 14.2 Å². The number of rotatable bonds is 8. The molecule has 1 aromatic carbocycles. The van der Waals surface area contributed by atoms with Gasteiger partial charge < -0.3 is 14.4 Å². The molecule has 0 unspecified atom stereocenters. The Hall–Kier alpha value is -1.42. The lowest BCUT2D eigenvalue weighted by molar-refractivity contribution is -0.130. The average molecular weight is 300 g/mol. The van der Waals surface area contributed by atoms with E-state index < -0.39 is 0 Å². The van der Waals surface area contributed by atoms with Crippen LogP contribution in [0.2, 0.25) is 0 Å². The molecule has 4 nitrogen and oxygen atoms in total. The van der Waals surface area contributed by atoms with E-state index in [0.717, 1.165) is 18.4 Å². The normalized spacial score (nSPS) is 10.2. The Bertz CT molecular complexity index is 437. The second kappa shape index (κ2) is 8.69. The van der Waals surface area contributed by atoms with Gasteiger partial charge in [-0.15, -0.1) is 11.6 Å².